The average Bonchev–Trinajstić information content (AvgIpc) is 2.37. The fraction of sp³-hybridized carbons (Fsp3) is 0.500. The lowest BCUT2D eigenvalue weighted by molar-refractivity contribution is 0.484. The average molecular weight is 419 g/mol. The zero-order chi connectivity index (χ0) is 16.4. The largest absolute Gasteiger partial charge is 0.243 e. The molecule has 0 fully saturated rings. The third-order valence-corrected chi connectivity index (χ3v) is 7.02. The van der Waals surface area contributed by atoms with Crippen molar-refractivity contribution in [2.75, 3.05) is 25.6 Å². The van der Waals surface area contributed by atoms with Crippen LogP contribution in [0.5, 0.6) is 0 Å². The molecule has 0 heterocycles. The van der Waals surface area contributed by atoms with Gasteiger partial charge in [0.1, 0.15) is 9.84 Å². The predicted octanol–water partition coefficient (Wildman–Crippen LogP) is 2.16. The molecular weight excluding hydrogens is 402 g/mol. The fourth-order valence-electron chi connectivity index (χ4n) is 1.63. The number of nitrogens with zero attached hydrogens (tertiary/aromatic N) is 1. The van der Waals surface area contributed by atoms with Gasteiger partial charge in [0, 0.05) is 30.2 Å². The molecule has 0 atom stereocenters. The molecule has 0 amide bonds. The number of sulfone groups is 1. The molecule has 120 valence electrons. The molecule has 0 N–H and O–H groups in total. The summed E-state index contributed by atoms with van der Waals surface area (Å²) in [5, 5.41) is 0. The molecule has 1 aromatic rings. The maximum atomic E-state index is 12.6. The Kier molecular flexibility index (Phi) is 6.26. The molecule has 5 nitrogen and oxygen atoms in total. The van der Waals surface area contributed by atoms with Gasteiger partial charge in [-0.2, -0.15) is 4.31 Å². The van der Waals surface area contributed by atoms with Crippen molar-refractivity contribution < 1.29 is 16.8 Å². The highest BCUT2D eigenvalue weighted by Crippen LogP contribution is 2.28. The Bertz CT molecular complexity index is 732. The second-order valence-corrected chi connectivity index (χ2v) is 10.2. The monoisotopic (exact) mass is 417 g/mol. The van der Waals surface area contributed by atoms with Crippen LogP contribution in [0.1, 0.15) is 11.1 Å². The number of hydrogen-bond acceptors (Lipinski definition) is 4. The number of benzene rings is 1. The van der Waals surface area contributed by atoms with Crippen LogP contribution < -0.4 is 0 Å². The van der Waals surface area contributed by atoms with Gasteiger partial charge in [-0.1, -0.05) is 15.9 Å². The number of sulfonamides is 1. The zero-order valence-electron chi connectivity index (χ0n) is 11.9. The molecule has 0 aromatic heterocycles. The van der Waals surface area contributed by atoms with Gasteiger partial charge in [0.25, 0.3) is 0 Å². The van der Waals surface area contributed by atoms with Crippen molar-refractivity contribution in [3.8, 4) is 0 Å². The van der Waals surface area contributed by atoms with Gasteiger partial charge in [-0.3, -0.25) is 0 Å². The Balaban J connectivity index is 3.21. The van der Waals surface area contributed by atoms with E-state index in [1.54, 1.807) is 13.0 Å². The summed E-state index contributed by atoms with van der Waals surface area (Å²) in [7, 11) is -5.63. The van der Waals surface area contributed by atoms with Gasteiger partial charge >= 0.3 is 0 Å². The smallest absolute Gasteiger partial charge is 0.229 e. The van der Waals surface area contributed by atoms with Crippen LogP contribution in [-0.2, 0) is 25.7 Å². The number of halogens is 2. The highest BCUT2D eigenvalue weighted by molar-refractivity contribution is 9.10. The molecule has 0 aliphatic carbocycles. The van der Waals surface area contributed by atoms with Crippen LogP contribution in [0, 0.1) is 6.92 Å². The Morgan fingerprint density at radius 2 is 1.81 bits per heavy atom. The summed E-state index contributed by atoms with van der Waals surface area (Å²) in [5.41, 5.74) is 1.24. The first-order valence-corrected chi connectivity index (χ1v) is 10.8. The van der Waals surface area contributed by atoms with Crippen LogP contribution >= 0.6 is 27.5 Å². The van der Waals surface area contributed by atoms with Crippen LogP contribution in [0.25, 0.3) is 0 Å². The Hall–Kier alpha value is -0.150. The van der Waals surface area contributed by atoms with Gasteiger partial charge in [-0.05, 0) is 30.2 Å². The normalized spacial score (nSPS) is 12.9. The fourth-order valence-corrected chi connectivity index (χ4v) is 4.61. The van der Waals surface area contributed by atoms with Gasteiger partial charge in [0.2, 0.25) is 10.0 Å². The second-order valence-electron chi connectivity index (χ2n) is 4.79. The Morgan fingerprint density at radius 3 is 2.29 bits per heavy atom. The van der Waals surface area contributed by atoms with Crippen LogP contribution in [0.2, 0.25) is 0 Å². The van der Waals surface area contributed by atoms with E-state index in [4.69, 9.17) is 11.6 Å². The summed E-state index contributed by atoms with van der Waals surface area (Å²) in [6, 6.07) is 3.28. The number of hydrogen-bond donors (Lipinski definition) is 0. The summed E-state index contributed by atoms with van der Waals surface area (Å²) < 4.78 is 49.2. The lowest BCUT2D eigenvalue weighted by Gasteiger charge is -2.19. The van der Waals surface area contributed by atoms with Gasteiger partial charge in [0.15, 0.2) is 0 Å². The minimum atomic E-state index is -3.77. The SMILES string of the molecule is Cc1c(Br)cc(CCl)cc1S(=O)(=O)N(C)CCS(C)(=O)=O. The lowest BCUT2D eigenvalue weighted by atomic mass is 10.2. The molecule has 0 radical (unpaired) electrons. The molecular formula is C12H17BrClNO4S2. The van der Waals surface area contributed by atoms with E-state index in [9.17, 15) is 16.8 Å². The van der Waals surface area contributed by atoms with Crippen LogP contribution in [0.3, 0.4) is 0 Å². The van der Waals surface area contributed by atoms with Gasteiger partial charge < -0.3 is 0 Å². The summed E-state index contributed by atoms with van der Waals surface area (Å²) in [6.07, 6.45) is 1.07. The lowest BCUT2D eigenvalue weighted by Crippen LogP contribution is -2.32. The summed E-state index contributed by atoms with van der Waals surface area (Å²) in [6.45, 7) is 1.59. The molecule has 0 saturated heterocycles. The van der Waals surface area contributed by atoms with E-state index in [0.717, 1.165) is 10.6 Å². The van der Waals surface area contributed by atoms with Gasteiger partial charge in [-0.25, -0.2) is 16.8 Å². The Morgan fingerprint density at radius 1 is 1.24 bits per heavy atom. The first-order chi connectivity index (χ1) is 9.49. The van der Waals surface area contributed by atoms with Gasteiger partial charge in [-0.15, -0.1) is 11.6 Å². The van der Waals surface area contributed by atoms with Crippen molar-refractivity contribution in [3.63, 3.8) is 0 Å². The highest BCUT2D eigenvalue weighted by atomic mass is 79.9. The van der Waals surface area contributed by atoms with E-state index >= 15 is 0 Å². The maximum Gasteiger partial charge on any atom is 0.243 e. The topological polar surface area (TPSA) is 71.5 Å². The summed E-state index contributed by atoms with van der Waals surface area (Å²) in [4.78, 5) is 0.128. The van der Waals surface area contributed by atoms with Crippen LogP contribution in [0.15, 0.2) is 21.5 Å². The first kappa shape index (κ1) is 18.9. The highest BCUT2D eigenvalue weighted by Gasteiger charge is 2.25. The van der Waals surface area contributed by atoms with Crippen molar-refractivity contribution in [2.24, 2.45) is 0 Å². The second kappa shape index (κ2) is 6.95. The molecule has 9 heteroatoms. The van der Waals surface area contributed by atoms with Gasteiger partial charge in [0.05, 0.1) is 10.6 Å². The summed E-state index contributed by atoms with van der Waals surface area (Å²) >= 11 is 9.08. The van der Waals surface area contributed by atoms with Crippen molar-refractivity contribution in [2.45, 2.75) is 17.7 Å². The van der Waals surface area contributed by atoms with E-state index in [2.05, 4.69) is 15.9 Å². The van der Waals surface area contributed by atoms with Crippen molar-refractivity contribution in [1.29, 1.82) is 0 Å². The molecule has 1 aromatic carbocycles. The number of rotatable bonds is 6. The molecule has 0 aliphatic heterocycles. The molecule has 1 rings (SSSR count). The van der Waals surface area contributed by atoms with Crippen molar-refractivity contribution in [1.82, 2.24) is 4.31 Å². The Labute approximate surface area is 139 Å². The van der Waals surface area contributed by atoms with E-state index in [-0.39, 0.29) is 23.1 Å². The van der Waals surface area contributed by atoms with E-state index in [0.29, 0.717) is 15.6 Å². The van der Waals surface area contributed by atoms with Crippen molar-refractivity contribution in [3.05, 3.63) is 27.7 Å². The summed E-state index contributed by atoms with van der Waals surface area (Å²) in [5.74, 6) is -0.0351. The molecule has 0 saturated carbocycles. The third kappa shape index (κ3) is 4.92. The molecule has 21 heavy (non-hydrogen) atoms. The molecule has 0 bridgehead atoms. The van der Waals surface area contributed by atoms with E-state index in [1.165, 1.54) is 13.1 Å². The zero-order valence-corrected chi connectivity index (χ0v) is 15.9. The van der Waals surface area contributed by atoms with E-state index in [1.807, 2.05) is 0 Å². The quantitative estimate of drug-likeness (QED) is 0.664. The molecule has 0 aliphatic rings. The van der Waals surface area contributed by atoms with Crippen LogP contribution in [0.4, 0.5) is 0 Å². The first-order valence-electron chi connectivity index (χ1n) is 5.98. The maximum absolute atomic E-state index is 12.6. The third-order valence-electron chi connectivity index (χ3n) is 2.98. The minimum Gasteiger partial charge on any atom is -0.229 e. The predicted molar refractivity (Wildman–Crippen MR) is 88.0 cm³/mol. The molecule has 0 unspecified atom stereocenters. The molecule has 0 spiro atoms. The van der Waals surface area contributed by atoms with E-state index < -0.39 is 19.9 Å². The minimum absolute atomic E-state index is 0.0939. The number of alkyl halides is 1. The standard InChI is InChI=1S/C12H17BrClNO4S2/c1-9-11(13)6-10(8-14)7-12(9)21(18,19)15(2)4-5-20(3,16)17/h6-7H,4-5,8H2,1-3H3. The van der Waals surface area contributed by atoms with Crippen LogP contribution in [-0.4, -0.2) is 46.7 Å². The van der Waals surface area contributed by atoms with Crippen molar-refractivity contribution >= 4 is 47.4 Å².